The van der Waals surface area contributed by atoms with E-state index < -0.39 is 5.25 Å². The van der Waals surface area contributed by atoms with Crippen LogP contribution in [0.1, 0.15) is 17.7 Å². The lowest BCUT2D eigenvalue weighted by atomic mass is 10.1. The second kappa shape index (κ2) is 7.94. The van der Waals surface area contributed by atoms with E-state index in [1.165, 1.54) is 11.8 Å². The minimum Gasteiger partial charge on any atom is -0.465 e. The largest absolute Gasteiger partial charge is 0.465 e. The fourth-order valence-electron chi connectivity index (χ4n) is 2.37. The first-order valence-electron chi connectivity index (χ1n) is 7.88. The third-order valence-electron chi connectivity index (χ3n) is 3.60. The summed E-state index contributed by atoms with van der Waals surface area (Å²) in [6.45, 7) is 2.14. The molecule has 0 saturated carbocycles. The van der Waals surface area contributed by atoms with E-state index in [9.17, 15) is 4.79 Å². The monoisotopic (exact) mass is 354 g/mol. The summed E-state index contributed by atoms with van der Waals surface area (Å²) in [6.07, 6.45) is 3.42. The van der Waals surface area contributed by atoms with Crippen LogP contribution in [0.15, 0.2) is 60.0 Å². The first-order chi connectivity index (χ1) is 12.2. The van der Waals surface area contributed by atoms with Crippen molar-refractivity contribution in [1.29, 1.82) is 0 Å². The Morgan fingerprint density at radius 1 is 1.16 bits per heavy atom. The van der Waals surface area contributed by atoms with Crippen molar-refractivity contribution >= 4 is 17.7 Å². The van der Waals surface area contributed by atoms with Crippen LogP contribution < -0.4 is 0 Å². The fraction of sp³-hybridized carbons (Fsp3) is 0.222. The molecule has 25 heavy (non-hydrogen) atoms. The summed E-state index contributed by atoms with van der Waals surface area (Å²) in [4.78, 5) is 16.4. The maximum Gasteiger partial charge on any atom is 0.324 e. The van der Waals surface area contributed by atoms with Gasteiger partial charge in [0, 0.05) is 25.0 Å². The molecule has 0 N–H and O–H groups in total. The lowest BCUT2D eigenvalue weighted by Crippen LogP contribution is -2.14. The molecule has 0 radical (unpaired) electrons. The van der Waals surface area contributed by atoms with Gasteiger partial charge >= 0.3 is 5.97 Å². The molecule has 1 aromatic carbocycles. The highest BCUT2D eigenvalue weighted by Gasteiger charge is 2.26. The molecule has 0 bridgehead atoms. The average Bonchev–Trinajstić information content (AvgIpc) is 3.01. The number of rotatable bonds is 6. The number of carbonyl (C=O) groups excluding carboxylic acids is 1. The molecule has 3 rings (SSSR count). The third-order valence-corrected chi connectivity index (χ3v) is 4.87. The zero-order valence-electron chi connectivity index (χ0n) is 14.0. The van der Waals surface area contributed by atoms with Crippen LogP contribution in [0.2, 0.25) is 0 Å². The lowest BCUT2D eigenvalue weighted by molar-refractivity contribution is -0.142. The molecule has 6 nitrogen and oxygen atoms in total. The summed E-state index contributed by atoms with van der Waals surface area (Å²) in [5.74, 6) is 0.438. The Bertz CT molecular complexity index is 837. The summed E-state index contributed by atoms with van der Waals surface area (Å²) in [5.41, 5.74) is 1.80. The number of hydrogen-bond donors (Lipinski definition) is 0. The molecule has 0 aliphatic carbocycles. The molecule has 0 spiro atoms. The van der Waals surface area contributed by atoms with Crippen LogP contribution in [0.25, 0.3) is 11.4 Å². The van der Waals surface area contributed by atoms with Crippen LogP contribution in [0, 0.1) is 0 Å². The molecule has 0 unspecified atom stereocenters. The van der Waals surface area contributed by atoms with E-state index in [2.05, 4.69) is 15.2 Å². The number of benzene rings is 1. The van der Waals surface area contributed by atoms with Crippen LogP contribution in [0.4, 0.5) is 0 Å². The molecule has 0 amide bonds. The van der Waals surface area contributed by atoms with Crippen molar-refractivity contribution in [3.05, 3.63) is 60.4 Å². The lowest BCUT2D eigenvalue weighted by Gasteiger charge is -2.15. The van der Waals surface area contributed by atoms with E-state index >= 15 is 0 Å². The number of esters is 1. The van der Waals surface area contributed by atoms with Crippen molar-refractivity contribution in [2.45, 2.75) is 17.3 Å². The molecule has 0 aliphatic rings. The number of pyridine rings is 1. The van der Waals surface area contributed by atoms with Gasteiger partial charge < -0.3 is 9.30 Å². The summed E-state index contributed by atoms with van der Waals surface area (Å²) < 4.78 is 7.11. The van der Waals surface area contributed by atoms with Crippen molar-refractivity contribution < 1.29 is 9.53 Å². The SMILES string of the molecule is CCOC(=O)[C@@H](Sc1nnc(-c2ccncc2)n1C)c1ccccc1. The number of carbonyl (C=O) groups is 1. The van der Waals surface area contributed by atoms with Gasteiger partial charge in [0.15, 0.2) is 11.0 Å². The second-order valence-corrected chi connectivity index (χ2v) is 6.33. The van der Waals surface area contributed by atoms with Crippen LogP contribution in [-0.2, 0) is 16.6 Å². The van der Waals surface area contributed by atoms with Gasteiger partial charge in [0.2, 0.25) is 0 Å². The maximum atomic E-state index is 12.4. The van der Waals surface area contributed by atoms with E-state index in [4.69, 9.17) is 4.74 Å². The van der Waals surface area contributed by atoms with Crippen LogP contribution in [0.3, 0.4) is 0 Å². The van der Waals surface area contributed by atoms with Crippen molar-refractivity contribution in [1.82, 2.24) is 19.7 Å². The summed E-state index contributed by atoms with van der Waals surface area (Å²) in [5, 5.41) is 8.65. The van der Waals surface area contributed by atoms with E-state index in [-0.39, 0.29) is 5.97 Å². The Balaban J connectivity index is 1.90. The molecule has 128 valence electrons. The summed E-state index contributed by atoms with van der Waals surface area (Å²) >= 11 is 1.33. The van der Waals surface area contributed by atoms with Crippen molar-refractivity contribution in [2.75, 3.05) is 6.61 Å². The predicted octanol–water partition coefficient (Wildman–Crippen LogP) is 3.27. The second-order valence-electron chi connectivity index (χ2n) is 5.26. The minimum absolute atomic E-state index is 0.285. The first kappa shape index (κ1) is 17.2. The zero-order chi connectivity index (χ0) is 17.6. The zero-order valence-corrected chi connectivity index (χ0v) is 14.8. The van der Waals surface area contributed by atoms with Crippen LogP contribution >= 0.6 is 11.8 Å². The van der Waals surface area contributed by atoms with Gasteiger partial charge in [0.1, 0.15) is 5.25 Å². The van der Waals surface area contributed by atoms with Crippen molar-refractivity contribution in [3.63, 3.8) is 0 Å². The fourth-order valence-corrected chi connectivity index (χ4v) is 3.37. The Hall–Kier alpha value is -2.67. The number of nitrogens with zero attached hydrogens (tertiary/aromatic N) is 4. The highest BCUT2D eigenvalue weighted by molar-refractivity contribution is 8.00. The minimum atomic E-state index is -0.491. The van der Waals surface area contributed by atoms with E-state index in [1.807, 2.05) is 54.1 Å². The quantitative estimate of drug-likeness (QED) is 0.500. The Morgan fingerprint density at radius 3 is 2.56 bits per heavy atom. The van der Waals surface area contributed by atoms with Crippen LogP contribution in [-0.4, -0.2) is 32.3 Å². The molecule has 2 aromatic heterocycles. The maximum absolute atomic E-state index is 12.4. The highest BCUT2D eigenvalue weighted by atomic mass is 32.2. The average molecular weight is 354 g/mol. The molecular formula is C18H18N4O2S. The van der Waals surface area contributed by atoms with Gasteiger partial charge in [-0.05, 0) is 24.6 Å². The van der Waals surface area contributed by atoms with Crippen molar-refractivity contribution in [2.24, 2.45) is 7.05 Å². The summed E-state index contributed by atoms with van der Waals surface area (Å²) in [7, 11) is 1.88. The molecule has 0 aliphatic heterocycles. The normalized spacial score (nSPS) is 11.9. The number of ether oxygens (including phenoxy) is 1. The first-order valence-corrected chi connectivity index (χ1v) is 8.76. The topological polar surface area (TPSA) is 69.9 Å². The Kier molecular flexibility index (Phi) is 5.45. The van der Waals surface area contributed by atoms with Gasteiger partial charge in [0.05, 0.1) is 6.61 Å². The highest BCUT2D eigenvalue weighted by Crippen LogP contribution is 2.36. The summed E-state index contributed by atoms with van der Waals surface area (Å²) in [6, 6.07) is 13.3. The predicted molar refractivity (Wildman–Crippen MR) is 95.9 cm³/mol. The molecular weight excluding hydrogens is 336 g/mol. The van der Waals surface area contributed by atoms with Crippen molar-refractivity contribution in [3.8, 4) is 11.4 Å². The molecule has 0 fully saturated rings. The molecule has 7 heteroatoms. The Labute approximate surface area is 150 Å². The van der Waals surface area contributed by atoms with Gasteiger partial charge in [-0.25, -0.2) is 0 Å². The Morgan fingerprint density at radius 2 is 1.88 bits per heavy atom. The van der Waals surface area contributed by atoms with Gasteiger partial charge in [0.25, 0.3) is 0 Å². The van der Waals surface area contributed by atoms with Gasteiger partial charge in [-0.3, -0.25) is 9.78 Å². The molecule has 3 aromatic rings. The van der Waals surface area contributed by atoms with Gasteiger partial charge in [-0.2, -0.15) is 0 Å². The van der Waals surface area contributed by atoms with Gasteiger partial charge in [-0.1, -0.05) is 42.1 Å². The standard InChI is InChI=1S/C18H18N4O2S/c1-3-24-17(23)15(13-7-5-4-6-8-13)25-18-21-20-16(22(18)2)14-9-11-19-12-10-14/h4-12,15H,3H2,1-2H3/t15-/m0/s1. The molecule has 1 atom stereocenters. The molecule has 2 heterocycles. The van der Waals surface area contributed by atoms with Gasteiger partial charge in [-0.15, -0.1) is 10.2 Å². The van der Waals surface area contributed by atoms with E-state index in [1.54, 1.807) is 19.3 Å². The number of hydrogen-bond acceptors (Lipinski definition) is 6. The molecule has 0 saturated heterocycles. The third kappa shape index (κ3) is 3.88. The van der Waals surface area contributed by atoms with Crippen LogP contribution in [0.5, 0.6) is 0 Å². The van der Waals surface area contributed by atoms with E-state index in [0.717, 1.165) is 17.0 Å². The van der Waals surface area contributed by atoms with E-state index in [0.29, 0.717) is 11.8 Å². The smallest absolute Gasteiger partial charge is 0.324 e. The number of thioether (sulfide) groups is 1. The number of aromatic nitrogens is 4.